The monoisotopic (exact) mass is 607 g/mol. The first kappa shape index (κ1) is 33.8. The zero-order valence-electron chi connectivity index (χ0n) is 28.8. The van der Waals surface area contributed by atoms with Crippen LogP contribution in [0.5, 0.6) is 11.5 Å². The molecule has 0 saturated carbocycles. The Balaban J connectivity index is 1.65. The van der Waals surface area contributed by atoms with Crippen molar-refractivity contribution in [3.8, 4) is 11.5 Å². The van der Waals surface area contributed by atoms with Crippen LogP contribution in [0.3, 0.4) is 0 Å². The van der Waals surface area contributed by atoms with Crippen molar-refractivity contribution in [2.75, 3.05) is 35.3 Å². The zero-order chi connectivity index (χ0) is 32.5. The van der Waals surface area contributed by atoms with E-state index < -0.39 is 0 Å². The van der Waals surface area contributed by atoms with Crippen LogP contribution in [0, 0.1) is 12.8 Å². The summed E-state index contributed by atoms with van der Waals surface area (Å²) in [6, 6.07) is 17.1. The van der Waals surface area contributed by atoms with Crippen LogP contribution >= 0.6 is 0 Å². The second-order valence-electron chi connectivity index (χ2n) is 12.7. The number of rotatable bonds is 16. The number of nitrogens with zero attached hydrogens (tertiary/aromatic N) is 4. The van der Waals surface area contributed by atoms with Gasteiger partial charge in [-0.05, 0) is 103 Å². The highest BCUT2D eigenvalue weighted by Crippen LogP contribution is 2.36. The van der Waals surface area contributed by atoms with Gasteiger partial charge in [0.2, 0.25) is 0 Å². The lowest BCUT2D eigenvalue weighted by Crippen LogP contribution is -2.30. The zero-order valence-corrected chi connectivity index (χ0v) is 28.8. The Hall–Kier alpha value is -4.06. The van der Waals surface area contributed by atoms with Crippen LogP contribution in [0.25, 0.3) is 10.9 Å². The van der Waals surface area contributed by atoms with Crippen molar-refractivity contribution in [2.24, 2.45) is 5.92 Å². The fraction of sp³-hybridized carbons (Fsp3) is 0.436. The van der Waals surface area contributed by atoms with Gasteiger partial charge in [-0.3, -0.25) is 0 Å². The van der Waals surface area contributed by atoms with Crippen LogP contribution in [-0.2, 0) is 6.42 Å². The van der Waals surface area contributed by atoms with Gasteiger partial charge in [-0.1, -0.05) is 67.4 Å². The van der Waals surface area contributed by atoms with E-state index in [0.717, 1.165) is 71.1 Å². The van der Waals surface area contributed by atoms with Crippen LogP contribution in [0.4, 0.5) is 22.9 Å². The van der Waals surface area contributed by atoms with Crippen molar-refractivity contribution in [1.82, 2.24) is 9.97 Å². The minimum atomic E-state index is 0.355. The summed E-state index contributed by atoms with van der Waals surface area (Å²) in [5, 5.41) is 4.65. The number of hydrogen-bond donors (Lipinski definition) is 1. The van der Waals surface area contributed by atoms with E-state index >= 15 is 0 Å². The largest absolute Gasteiger partial charge is 0.457 e. The molecule has 1 aromatic heterocycles. The van der Waals surface area contributed by atoms with Crippen LogP contribution in [-0.4, -0.2) is 30.1 Å². The third-order valence-corrected chi connectivity index (χ3v) is 8.65. The fourth-order valence-corrected chi connectivity index (χ4v) is 5.75. The summed E-state index contributed by atoms with van der Waals surface area (Å²) in [6.07, 6.45) is 9.16. The van der Waals surface area contributed by atoms with E-state index in [2.05, 4.69) is 107 Å². The SMILES string of the molecule is C=CN(C)c1ccc(Oc2ccc(Nc3ncnc4cc(CCC)c(N(CCCC)CC(C)CC)cc34)cc2C)cc1C(C)C. The second-order valence-corrected chi connectivity index (χ2v) is 12.7. The quantitative estimate of drug-likeness (QED) is 0.137. The maximum atomic E-state index is 6.39. The summed E-state index contributed by atoms with van der Waals surface area (Å²) in [4.78, 5) is 14.0. The predicted octanol–water partition coefficient (Wildman–Crippen LogP) is 10.8. The number of aryl methyl sites for hydroxylation is 2. The smallest absolute Gasteiger partial charge is 0.141 e. The fourth-order valence-electron chi connectivity index (χ4n) is 5.75. The lowest BCUT2D eigenvalue weighted by atomic mass is 10.00. The molecule has 0 bridgehead atoms. The van der Waals surface area contributed by atoms with Gasteiger partial charge in [0.25, 0.3) is 0 Å². The Kier molecular flexibility index (Phi) is 11.9. The van der Waals surface area contributed by atoms with Crippen molar-refractivity contribution in [2.45, 2.75) is 86.5 Å². The highest BCUT2D eigenvalue weighted by Gasteiger charge is 2.18. The lowest BCUT2D eigenvalue weighted by Gasteiger charge is -2.30. The molecule has 0 fully saturated rings. The van der Waals surface area contributed by atoms with Crippen molar-refractivity contribution in [1.29, 1.82) is 0 Å². The van der Waals surface area contributed by atoms with Crippen molar-refractivity contribution >= 4 is 33.8 Å². The predicted molar refractivity (Wildman–Crippen MR) is 194 cm³/mol. The third-order valence-electron chi connectivity index (χ3n) is 8.65. The summed E-state index contributed by atoms with van der Waals surface area (Å²) in [7, 11) is 2.02. The van der Waals surface area contributed by atoms with Gasteiger partial charge in [0, 0.05) is 42.6 Å². The molecule has 1 N–H and O–H groups in total. The molecule has 0 saturated heterocycles. The van der Waals surface area contributed by atoms with E-state index in [4.69, 9.17) is 9.72 Å². The summed E-state index contributed by atoms with van der Waals surface area (Å²) in [5.41, 5.74) is 8.04. The Morgan fingerprint density at radius 2 is 1.76 bits per heavy atom. The number of anilines is 4. The van der Waals surface area contributed by atoms with Crippen LogP contribution in [0.1, 0.15) is 89.8 Å². The Bertz CT molecular complexity index is 1580. The van der Waals surface area contributed by atoms with Crippen molar-refractivity contribution in [3.05, 3.63) is 84.3 Å². The molecule has 6 nitrogen and oxygen atoms in total. The molecular weight excluding hydrogens is 554 g/mol. The lowest BCUT2D eigenvalue weighted by molar-refractivity contribution is 0.478. The molecule has 0 spiro atoms. The minimum Gasteiger partial charge on any atom is -0.457 e. The average molecular weight is 608 g/mol. The number of fused-ring (bicyclic) bond motifs is 1. The Labute approximate surface area is 271 Å². The highest BCUT2D eigenvalue weighted by molar-refractivity contribution is 5.94. The van der Waals surface area contributed by atoms with Crippen LogP contribution < -0.4 is 19.9 Å². The van der Waals surface area contributed by atoms with Gasteiger partial charge in [-0.15, -0.1) is 0 Å². The molecule has 0 amide bonds. The first-order chi connectivity index (χ1) is 21.7. The molecule has 0 aliphatic heterocycles. The third kappa shape index (κ3) is 8.36. The van der Waals surface area contributed by atoms with E-state index in [1.54, 1.807) is 6.33 Å². The normalized spacial score (nSPS) is 11.9. The number of nitrogens with one attached hydrogen (secondary N) is 1. The molecule has 4 rings (SSSR count). The number of aromatic nitrogens is 2. The summed E-state index contributed by atoms with van der Waals surface area (Å²) in [5.74, 6) is 3.46. The van der Waals surface area contributed by atoms with Gasteiger partial charge in [-0.2, -0.15) is 0 Å². The van der Waals surface area contributed by atoms with Crippen LogP contribution in [0.15, 0.2) is 67.6 Å². The minimum absolute atomic E-state index is 0.355. The topological polar surface area (TPSA) is 53.5 Å². The molecule has 4 aromatic rings. The molecule has 45 heavy (non-hydrogen) atoms. The molecule has 6 heteroatoms. The number of benzene rings is 3. The maximum absolute atomic E-state index is 6.39. The van der Waals surface area contributed by atoms with Gasteiger partial charge in [0.1, 0.15) is 23.6 Å². The molecule has 0 radical (unpaired) electrons. The van der Waals surface area contributed by atoms with E-state index in [9.17, 15) is 0 Å². The Morgan fingerprint density at radius 3 is 2.42 bits per heavy atom. The molecule has 0 aliphatic rings. The van der Waals surface area contributed by atoms with E-state index in [-0.39, 0.29) is 0 Å². The molecule has 0 aliphatic carbocycles. The molecule has 3 aromatic carbocycles. The van der Waals surface area contributed by atoms with E-state index in [1.807, 2.05) is 30.3 Å². The molecule has 240 valence electrons. The van der Waals surface area contributed by atoms with E-state index in [0.29, 0.717) is 11.8 Å². The number of unbranched alkanes of at least 4 members (excludes halogenated alkanes) is 1. The Morgan fingerprint density at radius 1 is 0.956 bits per heavy atom. The van der Waals surface area contributed by atoms with Gasteiger partial charge < -0.3 is 19.9 Å². The van der Waals surface area contributed by atoms with Gasteiger partial charge in [0.05, 0.1) is 5.52 Å². The van der Waals surface area contributed by atoms with Crippen molar-refractivity contribution in [3.63, 3.8) is 0 Å². The second kappa shape index (κ2) is 15.8. The van der Waals surface area contributed by atoms with Gasteiger partial charge >= 0.3 is 0 Å². The molecule has 1 unspecified atom stereocenters. The molecule has 1 atom stereocenters. The number of ether oxygens (including phenoxy) is 1. The first-order valence-electron chi connectivity index (χ1n) is 16.8. The highest BCUT2D eigenvalue weighted by atomic mass is 16.5. The van der Waals surface area contributed by atoms with Crippen LogP contribution in [0.2, 0.25) is 0 Å². The van der Waals surface area contributed by atoms with Gasteiger partial charge in [0.15, 0.2) is 0 Å². The van der Waals surface area contributed by atoms with Gasteiger partial charge in [-0.25, -0.2) is 9.97 Å². The summed E-state index contributed by atoms with van der Waals surface area (Å²) < 4.78 is 6.39. The maximum Gasteiger partial charge on any atom is 0.141 e. The standard InChI is InChI=1S/C39H53N5O/c1-10-14-20-44(25-28(7)12-3)37-24-34-35(22-30(37)15-11-2)40-26-41-39(34)42-31-16-19-38(29(8)21-31)45-32-17-18-36(43(9)13-4)33(23-32)27(5)6/h13,16-19,21-24,26-28H,4,10-12,14-15,20,25H2,1-3,5-9H3,(H,40,41,42). The molecule has 1 heterocycles. The molecular formula is C39H53N5O. The number of hydrogen-bond acceptors (Lipinski definition) is 6. The van der Waals surface area contributed by atoms with E-state index in [1.165, 1.54) is 36.1 Å². The average Bonchev–Trinajstić information content (AvgIpc) is 3.03. The first-order valence-corrected chi connectivity index (χ1v) is 16.8. The summed E-state index contributed by atoms with van der Waals surface area (Å²) in [6.45, 7) is 21.7. The summed E-state index contributed by atoms with van der Waals surface area (Å²) >= 11 is 0. The van der Waals surface area contributed by atoms with Crippen molar-refractivity contribution < 1.29 is 4.74 Å².